The van der Waals surface area contributed by atoms with Gasteiger partial charge in [-0.25, -0.2) is 0 Å². The van der Waals surface area contributed by atoms with Crippen LogP contribution in [0.25, 0.3) is 0 Å². The molecular weight excluding hydrogens is 158 g/mol. The Hall–Kier alpha value is -0.0400. The van der Waals surface area contributed by atoms with Crippen LogP contribution in [-0.2, 0) is 0 Å². The van der Waals surface area contributed by atoms with Crippen LogP contribution in [0, 0.1) is 17.8 Å². The van der Waals surface area contributed by atoms with Crippen LogP contribution in [0.15, 0.2) is 0 Å². The number of hydrogen-bond donors (Lipinski definition) is 1. The van der Waals surface area contributed by atoms with E-state index in [-0.39, 0.29) is 0 Å². The van der Waals surface area contributed by atoms with Crippen molar-refractivity contribution < 1.29 is 0 Å². The first-order valence-corrected chi connectivity index (χ1v) is 5.93. The first-order valence-electron chi connectivity index (χ1n) is 5.93. The monoisotopic (exact) mass is 181 g/mol. The van der Waals surface area contributed by atoms with Gasteiger partial charge in [0.05, 0.1) is 0 Å². The molecule has 2 aliphatic rings. The van der Waals surface area contributed by atoms with Gasteiger partial charge >= 0.3 is 0 Å². The van der Waals surface area contributed by atoms with E-state index in [1.165, 1.54) is 25.7 Å². The summed E-state index contributed by atoms with van der Waals surface area (Å²) < 4.78 is 0. The second-order valence-corrected chi connectivity index (χ2v) is 5.48. The highest BCUT2D eigenvalue weighted by Gasteiger charge is 2.39. The molecule has 0 aromatic carbocycles. The van der Waals surface area contributed by atoms with Gasteiger partial charge in [-0.15, -0.1) is 0 Å². The van der Waals surface area contributed by atoms with Gasteiger partial charge in [-0.1, -0.05) is 20.3 Å². The standard InChI is InChI=1S/C12H23N/c1-8(2)9(3)13-12-7-10-4-5-11(12)6-10/h8-13H,4-7H2,1-3H3/t9-,10+,11+,12-/m0/s1. The molecule has 0 saturated heterocycles. The zero-order valence-electron chi connectivity index (χ0n) is 9.22. The second-order valence-electron chi connectivity index (χ2n) is 5.48. The first-order chi connectivity index (χ1) is 6.16. The van der Waals surface area contributed by atoms with Gasteiger partial charge in [-0.3, -0.25) is 0 Å². The van der Waals surface area contributed by atoms with E-state index in [2.05, 4.69) is 26.1 Å². The van der Waals surface area contributed by atoms with Crippen LogP contribution in [0.1, 0.15) is 46.5 Å². The highest BCUT2D eigenvalue weighted by atomic mass is 15.0. The Morgan fingerprint density at radius 3 is 2.31 bits per heavy atom. The summed E-state index contributed by atoms with van der Waals surface area (Å²) in [6, 6.07) is 1.56. The zero-order valence-corrected chi connectivity index (χ0v) is 9.22. The quantitative estimate of drug-likeness (QED) is 0.706. The van der Waals surface area contributed by atoms with Crippen molar-refractivity contribution in [1.29, 1.82) is 0 Å². The summed E-state index contributed by atoms with van der Waals surface area (Å²) in [7, 11) is 0. The van der Waals surface area contributed by atoms with Crippen LogP contribution in [0.3, 0.4) is 0 Å². The van der Waals surface area contributed by atoms with Gasteiger partial charge in [0.25, 0.3) is 0 Å². The average Bonchev–Trinajstić information content (AvgIpc) is 2.64. The van der Waals surface area contributed by atoms with Crippen molar-refractivity contribution >= 4 is 0 Å². The highest BCUT2D eigenvalue weighted by Crippen LogP contribution is 2.44. The molecule has 2 aliphatic carbocycles. The molecule has 2 rings (SSSR count). The van der Waals surface area contributed by atoms with Crippen molar-refractivity contribution in [2.75, 3.05) is 0 Å². The molecule has 1 heteroatoms. The molecule has 0 spiro atoms. The molecular formula is C12H23N. The van der Waals surface area contributed by atoms with Gasteiger partial charge in [0.2, 0.25) is 0 Å². The number of nitrogens with one attached hydrogen (secondary N) is 1. The Morgan fingerprint density at radius 1 is 1.08 bits per heavy atom. The minimum Gasteiger partial charge on any atom is -0.311 e. The van der Waals surface area contributed by atoms with Crippen LogP contribution in [-0.4, -0.2) is 12.1 Å². The maximum absolute atomic E-state index is 3.81. The molecule has 2 bridgehead atoms. The fourth-order valence-corrected chi connectivity index (χ4v) is 2.98. The fraction of sp³-hybridized carbons (Fsp3) is 1.00. The van der Waals surface area contributed by atoms with Crippen LogP contribution in [0.5, 0.6) is 0 Å². The van der Waals surface area contributed by atoms with Crippen molar-refractivity contribution in [3.63, 3.8) is 0 Å². The summed E-state index contributed by atoms with van der Waals surface area (Å²) in [6.45, 7) is 6.95. The van der Waals surface area contributed by atoms with Crippen molar-refractivity contribution in [2.24, 2.45) is 17.8 Å². The molecule has 1 nitrogen and oxygen atoms in total. The van der Waals surface area contributed by atoms with Crippen LogP contribution >= 0.6 is 0 Å². The first kappa shape index (κ1) is 9.51. The zero-order chi connectivity index (χ0) is 9.42. The van der Waals surface area contributed by atoms with Crippen LogP contribution < -0.4 is 5.32 Å². The topological polar surface area (TPSA) is 12.0 Å². The summed E-state index contributed by atoms with van der Waals surface area (Å²) in [6.07, 6.45) is 5.98. The average molecular weight is 181 g/mol. The van der Waals surface area contributed by atoms with Crippen molar-refractivity contribution in [1.82, 2.24) is 5.32 Å². The molecule has 4 atom stereocenters. The summed E-state index contributed by atoms with van der Waals surface area (Å²) in [5.74, 6) is 2.87. The molecule has 0 radical (unpaired) electrons. The molecule has 13 heavy (non-hydrogen) atoms. The molecule has 0 aliphatic heterocycles. The molecule has 0 aromatic heterocycles. The Bertz CT molecular complexity index is 176. The minimum atomic E-state index is 0.698. The van der Waals surface area contributed by atoms with Crippen molar-refractivity contribution in [3.05, 3.63) is 0 Å². The van der Waals surface area contributed by atoms with Gasteiger partial charge in [0, 0.05) is 12.1 Å². The van der Waals surface area contributed by atoms with Crippen LogP contribution in [0.2, 0.25) is 0 Å². The SMILES string of the molecule is CC(C)[C@H](C)N[C@H]1C[C@@H]2CC[C@@H]1C2. The number of hydrogen-bond acceptors (Lipinski definition) is 1. The fourth-order valence-electron chi connectivity index (χ4n) is 2.98. The third-order valence-corrected chi connectivity index (χ3v) is 4.22. The Kier molecular flexibility index (Phi) is 2.64. The van der Waals surface area contributed by atoms with E-state index in [9.17, 15) is 0 Å². The third-order valence-electron chi connectivity index (χ3n) is 4.22. The van der Waals surface area contributed by atoms with E-state index in [1.807, 2.05) is 0 Å². The van der Waals surface area contributed by atoms with E-state index >= 15 is 0 Å². The maximum atomic E-state index is 3.81. The van der Waals surface area contributed by atoms with E-state index in [0.717, 1.165) is 23.8 Å². The minimum absolute atomic E-state index is 0.698. The number of rotatable bonds is 3. The lowest BCUT2D eigenvalue weighted by Crippen LogP contribution is -2.42. The van der Waals surface area contributed by atoms with E-state index in [4.69, 9.17) is 0 Å². The molecule has 76 valence electrons. The van der Waals surface area contributed by atoms with E-state index in [1.54, 1.807) is 0 Å². The maximum Gasteiger partial charge on any atom is 0.0101 e. The lowest BCUT2D eigenvalue weighted by Gasteiger charge is -2.28. The Balaban J connectivity index is 1.83. The predicted molar refractivity (Wildman–Crippen MR) is 56.7 cm³/mol. The summed E-state index contributed by atoms with van der Waals surface area (Å²) in [4.78, 5) is 0. The lowest BCUT2D eigenvalue weighted by atomic mass is 9.93. The van der Waals surface area contributed by atoms with Gasteiger partial charge < -0.3 is 5.32 Å². The number of fused-ring (bicyclic) bond motifs is 2. The summed E-state index contributed by atoms with van der Waals surface area (Å²) >= 11 is 0. The van der Waals surface area contributed by atoms with Gasteiger partial charge in [0.15, 0.2) is 0 Å². The molecule has 1 N–H and O–H groups in total. The normalized spacial score (nSPS) is 40.2. The van der Waals surface area contributed by atoms with Crippen molar-refractivity contribution in [2.45, 2.75) is 58.5 Å². The molecule has 0 aromatic rings. The smallest absolute Gasteiger partial charge is 0.0101 e. The molecule has 0 heterocycles. The Labute approximate surface area is 82.3 Å². The van der Waals surface area contributed by atoms with Gasteiger partial charge in [0.1, 0.15) is 0 Å². The highest BCUT2D eigenvalue weighted by molar-refractivity contribution is 4.95. The van der Waals surface area contributed by atoms with Gasteiger partial charge in [-0.05, 0) is 43.9 Å². The molecule has 2 fully saturated rings. The molecule has 0 unspecified atom stereocenters. The van der Waals surface area contributed by atoms with Gasteiger partial charge in [-0.2, -0.15) is 0 Å². The summed E-state index contributed by atoms with van der Waals surface area (Å²) in [5.41, 5.74) is 0. The van der Waals surface area contributed by atoms with Crippen molar-refractivity contribution in [3.8, 4) is 0 Å². The summed E-state index contributed by atoms with van der Waals surface area (Å²) in [5, 5.41) is 3.81. The van der Waals surface area contributed by atoms with E-state index in [0.29, 0.717) is 6.04 Å². The molecule has 0 amide bonds. The van der Waals surface area contributed by atoms with Crippen LogP contribution in [0.4, 0.5) is 0 Å². The third kappa shape index (κ3) is 1.90. The largest absolute Gasteiger partial charge is 0.311 e. The second kappa shape index (κ2) is 3.61. The molecule has 2 saturated carbocycles. The Morgan fingerprint density at radius 2 is 1.85 bits per heavy atom. The van der Waals surface area contributed by atoms with E-state index < -0.39 is 0 Å². The predicted octanol–water partition coefficient (Wildman–Crippen LogP) is 2.81. The lowest BCUT2D eigenvalue weighted by molar-refractivity contribution is 0.294.